The predicted molar refractivity (Wildman–Crippen MR) is 107 cm³/mol. The lowest BCUT2D eigenvalue weighted by molar-refractivity contribution is 0.415. The molecule has 2 aromatic heterocycles. The fraction of sp³-hybridized carbons (Fsp3) is 0.0435. The van der Waals surface area contributed by atoms with Crippen molar-refractivity contribution in [2.24, 2.45) is 0 Å². The summed E-state index contributed by atoms with van der Waals surface area (Å²) >= 11 is 0. The van der Waals surface area contributed by atoms with Crippen molar-refractivity contribution in [3.8, 4) is 45.3 Å². The summed E-state index contributed by atoms with van der Waals surface area (Å²) in [6.45, 7) is 0. The highest BCUT2D eigenvalue weighted by Gasteiger charge is 2.12. The molecule has 0 fully saturated rings. The van der Waals surface area contributed by atoms with Crippen LogP contribution in [0.1, 0.15) is 0 Å². The van der Waals surface area contributed by atoms with E-state index >= 15 is 0 Å². The Labute approximate surface area is 157 Å². The molecule has 0 spiro atoms. The lowest BCUT2D eigenvalue weighted by atomic mass is 10.0. The maximum atomic E-state index is 10.3. The fourth-order valence-corrected chi connectivity index (χ4v) is 2.95. The molecule has 0 saturated heterocycles. The van der Waals surface area contributed by atoms with E-state index < -0.39 is 0 Å². The molecule has 27 heavy (non-hydrogen) atoms. The normalized spacial score (nSPS) is 10.6. The van der Waals surface area contributed by atoms with Crippen LogP contribution < -0.4 is 4.74 Å². The molecule has 0 aliphatic heterocycles. The third kappa shape index (κ3) is 3.51. The van der Waals surface area contributed by atoms with Gasteiger partial charge in [0.15, 0.2) is 0 Å². The van der Waals surface area contributed by atoms with E-state index in [4.69, 9.17) is 9.72 Å². The molecule has 0 unspecified atom stereocenters. The van der Waals surface area contributed by atoms with Gasteiger partial charge in [0.05, 0.1) is 24.2 Å². The largest absolute Gasteiger partial charge is 0.507 e. The number of rotatable bonds is 4. The van der Waals surface area contributed by atoms with Crippen LogP contribution in [0.4, 0.5) is 0 Å². The maximum absolute atomic E-state index is 10.3. The summed E-state index contributed by atoms with van der Waals surface area (Å²) < 4.78 is 5.25. The second-order valence-electron chi connectivity index (χ2n) is 6.09. The van der Waals surface area contributed by atoms with E-state index in [2.05, 4.69) is 4.98 Å². The first-order chi connectivity index (χ1) is 13.2. The van der Waals surface area contributed by atoms with Crippen molar-refractivity contribution in [3.05, 3.63) is 85.1 Å². The number of hydrogen-bond acceptors (Lipinski definition) is 4. The van der Waals surface area contributed by atoms with Crippen molar-refractivity contribution in [1.82, 2.24) is 9.97 Å². The molecule has 0 saturated carbocycles. The zero-order valence-electron chi connectivity index (χ0n) is 14.8. The molecule has 4 aromatic rings. The van der Waals surface area contributed by atoms with Gasteiger partial charge in [0.2, 0.25) is 0 Å². The highest BCUT2D eigenvalue weighted by molar-refractivity contribution is 5.77. The first-order valence-electron chi connectivity index (χ1n) is 8.61. The van der Waals surface area contributed by atoms with Gasteiger partial charge in [-0.3, -0.25) is 4.98 Å². The van der Waals surface area contributed by atoms with Gasteiger partial charge in [-0.15, -0.1) is 0 Å². The molecule has 1 N–H and O–H groups in total. The van der Waals surface area contributed by atoms with Crippen LogP contribution in [0.15, 0.2) is 85.1 Å². The van der Waals surface area contributed by atoms with Crippen molar-refractivity contribution >= 4 is 0 Å². The minimum atomic E-state index is 0.198. The number of pyridine rings is 2. The van der Waals surface area contributed by atoms with Crippen LogP contribution in [0.3, 0.4) is 0 Å². The molecule has 0 amide bonds. The van der Waals surface area contributed by atoms with E-state index in [1.807, 2.05) is 66.7 Å². The molecular weight excluding hydrogens is 336 g/mol. The topological polar surface area (TPSA) is 55.2 Å². The fourth-order valence-electron chi connectivity index (χ4n) is 2.95. The van der Waals surface area contributed by atoms with Gasteiger partial charge in [0.1, 0.15) is 11.5 Å². The average molecular weight is 354 g/mol. The summed E-state index contributed by atoms with van der Waals surface area (Å²) in [6.07, 6.45) is 1.75. The molecule has 4 heteroatoms. The Morgan fingerprint density at radius 1 is 0.741 bits per heavy atom. The minimum Gasteiger partial charge on any atom is -0.507 e. The molecule has 0 aliphatic rings. The molecule has 4 nitrogen and oxygen atoms in total. The zero-order chi connectivity index (χ0) is 18.6. The SMILES string of the molecule is COc1ccc(-c2cc(-c3ccccn3)nc(-c3ccccc3O)c2)cc1. The quantitative estimate of drug-likeness (QED) is 0.548. The van der Waals surface area contributed by atoms with Gasteiger partial charge in [-0.1, -0.05) is 30.3 Å². The first kappa shape index (κ1) is 16.8. The number of ether oxygens (including phenoxy) is 1. The van der Waals surface area contributed by atoms with E-state index in [-0.39, 0.29) is 5.75 Å². The lowest BCUT2D eigenvalue weighted by Gasteiger charge is -2.11. The molecule has 2 aromatic carbocycles. The second kappa shape index (κ2) is 7.30. The van der Waals surface area contributed by atoms with Crippen LogP contribution in [0.2, 0.25) is 0 Å². The van der Waals surface area contributed by atoms with Gasteiger partial charge in [0.25, 0.3) is 0 Å². The van der Waals surface area contributed by atoms with Crippen LogP contribution in [-0.4, -0.2) is 22.2 Å². The van der Waals surface area contributed by atoms with E-state index in [9.17, 15) is 5.11 Å². The van der Waals surface area contributed by atoms with Crippen molar-refractivity contribution in [2.45, 2.75) is 0 Å². The van der Waals surface area contributed by atoms with Crippen LogP contribution in [0, 0.1) is 0 Å². The van der Waals surface area contributed by atoms with Gasteiger partial charge < -0.3 is 9.84 Å². The van der Waals surface area contributed by atoms with Gasteiger partial charge in [0, 0.05) is 11.8 Å². The lowest BCUT2D eigenvalue weighted by Crippen LogP contribution is -1.93. The van der Waals surface area contributed by atoms with Crippen molar-refractivity contribution in [3.63, 3.8) is 0 Å². The first-order valence-corrected chi connectivity index (χ1v) is 8.61. The van der Waals surface area contributed by atoms with Crippen molar-refractivity contribution in [2.75, 3.05) is 7.11 Å². The van der Waals surface area contributed by atoms with Crippen molar-refractivity contribution in [1.29, 1.82) is 0 Å². The molecule has 0 radical (unpaired) electrons. The molecule has 132 valence electrons. The summed E-state index contributed by atoms with van der Waals surface area (Å²) in [5.41, 5.74) is 4.94. The summed E-state index contributed by atoms with van der Waals surface area (Å²) in [4.78, 5) is 9.17. The third-order valence-electron chi connectivity index (χ3n) is 4.36. The number of nitrogens with zero attached hydrogens (tertiary/aromatic N) is 2. The Kier molecular flexibility index (Phi) is 4.54. The minimum absolute atomic E-state index is 0.198. The summed E-state index contributed by atoms with van der Waals surface area (Å²) in [5, 5.41) is 10.3. The molecule has 0 atom stereocenters. The number of phenolic OH excluding ortho intramolecular Hbond substituents is 1. The Morgan fingerprint density at radius 3 is 2.19 bits per heavy atom. The number of benzene rings is 2. The van der Waals surface area contributed by atoms with Gasteiger partial charge in [-0.25, -0.2) is 4.98 Å². The highest BCUT2D eigenvalue weighted by atomic mass is 16.5. The third-order valence-corrected chi connectivity index (χ3v) is 4.36. The van der Waals surface area contributed by atoms with Crippen LogP contribution in [0.5, 0.6) is 11.5 Å². The van der Waals surface area contributed by atoms with Gasteiger partial charge >= 0.3 is 0 Å². The second-order valence-corrected chi connectivity index (χ2v) is 6.09. The standard InChI is InChI=1S/C23H18N2O2/c1-27-18-11-9-16(10-12-18)17-14-21(19-6-2-3-8-23(19)26)25-22(15-17)20-7-4-5-13-24-20/h2-15,26H,1H3. The molecule has 2 heterocycles. The molecule has 0 bridgehead atoms. The molecular formula is C23H18N2O2. The number of aromatic nitrogens is 2. The smallest absolute Gasteiger partial charge is 0.124 e. The summed E-state index contributed by atoms with van der Waals surface area (Å²) in [7, 11) is 1.65. The number of phenols is 1. The Bertz CT molecular complexity index is 1060. The molecule has 4 rings (SSSR count). The summed E-state index contributed by atoms with van der Waals surface area (Å²) in [6, 6.07) is 24.8. The zero-order valence-corrected chi connectivity index (χ0v) is 14.8. The van der Waals surface area contributed by atoms with E-state index in [0.29, 0.717) is 11.3 Å². The Hall–Kier alpha value is -3.66. The number of hydrogen-bond donors (Lipinski definition) is 1. The average Bonchev–Trinajstić information content (AvgIpc) is 2.74. The number of methoxy groups -OCH3 is 1. The predicted octanol–water partition coefficient (Wildman–Crippen LogP) is 5.19. The monoisotopic (exact) mass is 354 g/mol. The highest BCUT2D eigenvalue weighted by Crippen LogP contribution is 2.33. The van der Waals surface area contributed by atoms with E-state index in [1.165, 1.54) is 0 Å². The maximum Gasteiger partial charge on any atom is 0.124 e. The number of aromatic hydroxyl groups is 1. The Morgan fingerprint density at radius 2 is 1.48 bits per heavy atom. The van der Waals surface area contributed by atoms with Crippen LogP contribution in [-0.2, 0) is 0 Å². The van der Waals surface area contributed by atoms with Gasteiger partial charge in [-0.2, -0.15) is 0 Å². The van der Waals surface area contributed by atoms with E-state index in [0.717, 1.165) is 28.3 Å². The summed E-state index contributed by atoms with van der Waals surface area (Å²) in [5.74, 6) is 1.00. The number of para-hydroxylation sites is 1. The van der Waals surface area contributed by atoms with Crippen LogP contribution in [0.25, 0.3) is 33.8 Å². The Balaban J connectivity index is 1.90. The van der Waals surface area contributed by atoms with Crippen molar-refractivity contribution < 1.29 is 9.84 Å². The van der Waals surface area contributed by atoms with E-state index in [1.54, 1.807) is 25.4 Å². The molecule has 0 aliphatic carbocycles. The van der Waals surface area contributed by atoms with Crippen LogP contribution >= 0.6 is 0 Å². The van der Waals surface area contributed by atoms with Gasteiger partial charge in [-0.05, 0) is 59.7 Å².